The summed E-state index contributed by atoms with van der Waals surface area (Å²) >= 11 is 0. The van der Waals surface area contributed by atoms with Gasteiger partial charge in [0.1, 0.15) is 0 Å². The quantitative estimate of drug-likeness (QED) is 0.900. The maximum Gasteiger partial charge on any atom is 0.155 e. The van der Waals surface area contributed by atoms with Gasteiger partial charge in [0, 0.05) is 18.2 Å². The van der Waals surface area contributed by atoms with Crippen molar-refractivity contribution in [2.75, 3.05) is 31.1 Å². The summed E-state index contributed by atoms with van der Waals surface area (Å²) in [6.45, 7) is 3.61. The standard InChI is InChI=1S/C16H22N2O/c19-16(14-7-9-17-10-8-14)12-18-11-3-5-13-4-1-2-6-15(13)18/h1-2,4,6,14,17H,3,5,7-12H2. The summed E-state index contributed by atoms with van der Waals surface area (Å²) in [6.07, 6.45) is 4.33. The monoisotopic (exact) mass is 258 g/mol. The molecule has 1 aromatic rings. The predicted molar refractivity (Wildman–Crippen MR) is 77.6 cm³/mol. The number of anilines is 1. The first-order valence-electron chi connectivity index (χ1n) is 7.41. The van der Waals surface area contributed by atoms with Gasteiger partial charge in [-0.1, -0.05) is 18.2 Å². The third kappa shape index (κ3) is 2.81. The van der Waals surface area contributed by atoms with E-state index >= 15 is 0 Å². The Kier molecular flexibility index (Phi) is 3.83. The average molecular weight is 258 g/mol. The van der Waals surface area contributed by atoms with Crippen LogP contribution in [0.3, 0.4) is 0 Å². The fourth-order valence-corrected chi connectivity index (χ4v) is 3.24. The van der Waals surface area contributed by atoms with Gasteiger partial charge in [0.05, 0.1) is 6.54 Å². The molecule has 2 aliphatic heterocycles. The highest BCUT2D eigenvalue weighted by molar-refractivity contribution is 5.86. The zero-order valence-corrected chi connectivity index (χ0v) is 11.4. The molecule has 0 aromatic heterocycles. The molecule has 3 heteroatoms. The molecule has 0 radical (unpaired) electrons. The Morgan fingerprint density at radius 2 is 2.05 bits per heavy atom. The van der Waals surface area contributed by atoms with Crippen molar-refractivity contribution >= 4 is 11.5 Å². The number of nitrogens with zero attached hydrogens (tertiary/aromatic N) is 1. The second kappa shape index (κ2) is 5.74. The molecule has 0 bridgehead atoms. The van der Waals surface area contributed by atoms with Crippen molar-refractivity contribution in [1.29, 1.82) is 0 Å². The number of hydrogen-bond donors (Lipinski definition) is 1. The molecule has 3 nitrogen and oxygen atoms in total. The lowest BCUT2D eigenvalue weighted by atomic mass is 9.92. The average Bonchev–Trinajstić information content (AvgIpc) is 2.48. The van der Waals surface area contributed by atoms with Crippen molar-refractivity contribution in [2.24, 2.45) is 5.92 Å². The smallest absolute Gasteiger partial charge is 0.155 e. The molecule has 1 saturated heterocycles. The summed E-state index contributed by atoms with van der Waals surface area (Å²) in [5.41, 5.74) is 2.67. The molecule has 0 spiro atoms. The molecule has 0 aliphatic carbocycles. The Balaban J connectivity index is 1.68. The van der Waals surface area contributed by atoms with E-state index in [9.17, 15) is 4.79 Å². The van der Waals surface area contributed by atoms with Gasteiger partial charge in [-0.05, 0) is 50.4 Å². The zero-order valence-electron chi connectivity index (χ0n) is 11.4. The number of ketones is 1. The minimum atomic E-state index is 0.273. The predicted octanol–water partition coefficient (Wildman–Crippen LogP) is 2.01. The highest BCUT2D eigenvalue weighted by Gasteiger charge is 2.24. The van der Waals surface area contributed by atoms with Crippen LogP contribution in [0.2, 0.25) is 0 Å². The van der Waals surface area contributed by atoms with E-state index in [1.807, 2.05) is 0 Å². The summed E-state index contributed by atoms with van der Waals surface area (Å²) in [5, 5.41) is 3.32. The fraction of sp³-hybridized carbons (Fsp3) is 0.562. The molecule has 102 valence electrons. The largest absolute Gasteiger partial charge is 0.364 e. The van der Waals surface area contributed by atoms with Crippen LogP contribution in [0.4, 0.5) is 5.69 Å². The molecule has 1 N–H and O–H groups in total. The summed E-state index contributed by atoms with van der Waals surface area (Å²) in [7, 11) is 0. The lowest BCUT2D eigenvalue weighted by molar-refractivity contribution is -0.122. The van der Waals surface area contributed by atoms with Crippen molar-refractivity contribution in [2.45, 2.75) is 25.7 Å². The van der Waals surface area contributed by atoms with Crippen LogP contribution in [0.25, 0.3) is 0 Å². The van der Waals surface area contributed by atoms with Gasteiger partial charge in [-0.15, -0.1) is 0 Å². The Labute approximate surface area is 115 Å². The number of nitrogens with one attached hydrogen (secondary N) is 1. The molecular formula is C16H22N2O. The number of carbonyl (C=O) groups excluding carboxylic acids is 1. The van der Waals surface area contributed by atoms with Crippen LogP contribution in [0.5, 0.6) is 0 Å². The van der Waals surface area contributed by atoms with Crippen LogP contribution in [-0.4, -0.2) is 32.0 Å². The number of piperidine rings is 1. The topological polar surface area (TPSA) is 32.3 Å². The lowest BCUT2D eigenvalue weighted by Gasteiger charge is -2.32. The minimum Gasteiger partial charge on any atom is -0.364 e. The van der Waals surface area contributed by atoms with Crippen molar-refractivity contribution in [1.82, 2.24) is 5.32 Å². The first kappa shape index (κ1) is 12.7. The summed E-state index contributed by atoms with van der Waals surface area (Å²) in [4.78, 5) is 14.7. The molecule has 0 amide bonds. The van der Waals surface area contributed by atoms with Crippen LogP contribution in [-0.2, 0) is 11.2 Å². The third-order valence-electron chi connectivity index (χ3n) is 4.35. The molecule has 1 aromatic carbocycles. The van der Waals surface area contributed by atoms with Gasteiger partial charge in [-0.25, -0.2) is 0 Å². The number of benzene rings is 1. The highest BCUT2D eigenvalue weighted by atomic mass is 16.1. The Hall–Kier alpha value is -1.35. The summed E-state index contributed by atoms with van der Waals surface area (Å²) in [6, 6.07) is 8.52. The molecule has 3 rings (SSSR count). The van der Waals surface area contributed by atoms with E-state index in [4.69, 9.17) is 0 Å². The zero-order chi connectivity index (χ0) is 13.1. The van der Waals surface area contributed by atoms with Crippen LogP contribution in [0, 0.1) is 5.92 Å². The maximum absolute atomic E-state index is 12.4. The number of hydrogen-bond acceptors (Lipinski definition) is 3. The van der Waals surface area contributed by atoms with Crippen LogP contribution >= 0.6 is 0 Å². The van der Waals surface area contributed by atoms with E-state index in [1.165, 1.54) is 11.3 Å². The number of para-hydroxylation sites is 1. The molecule has 0 saturated carbocycles. The van der Waals surface area contributed by atoms with E-state index in [-0.39, 0.29) is 5.92 Å². The van der Waals surface area contributed by atoms with E-state index in [0.29, 0.717) is 12.3 Å². The van der Waals surface area contributed by atoms with E-state index in [0.717, 1.165) is 45.3 Å². The van der Waals surface area contributed by atoms with Crippen molar-refractivity contribution in [3.8, 4) is 0 Å². The first-order chi connectivity index (χ1) is 9.34. The van der Waals surface area contributed by atoms with Gasteiger partial charge in [-0.3, -0.25) is 4.79 Å². The summed E-state index contributed by atoms with van der Waals surface area (Å²) < 4.78 is 0. The first-order valence-corrected chi connectivity index (χ1v) is 7.41. The van der Waals surface area contributed by atoms with E-state index in [2.05, 4.69) is 34.5 Å². The lowest BCUT2D eigenvalue weighted by Crippen LogP contribution is -2.40. The number of Topliss-reactive ketones (excluding diaryl/α,β-unsaturated/α-hetero) is 1. The van der Waals surface area contributed by atoms with Crippen molar-refractivity contribution in [3.05, 3.63) is 29.8 Å². The van der Waals surface area contributed by atoms with Gasteiger partial charge >= 0.3 is 0 Å². The molecule has 2 aliphatic rings. The van der Waals surface area contributed by atoms with E-state index in [1.54, 1.807) is 0 Å². The Morgan fingerprint density at radius 3 is 2.89 bits per heavy atom. The molecular weight excluding hydrogens is 236 g/mol. The van der Waals surface area contributed by atoms with Crippen molar-refractivity contribution in [3.63, 3.8) is 0 Å². The molecule has 2 heterocycles. The minimum absolute atomic E-state index is 0.273. The number of aryl methyl sites for hydroxylation is 1. The molecule has 1 fully saturated rings. The SMILES string of the molecule is O=C(CN1CCCc2ccccc21)C1CCNCC1. The molecule has 0 atom stereocenters. The molecule has 0 unspecified atom stereocenters. The van der Waals surface area contributed by atoms with Crippen LogP contribution < -0.4 is 10.2 Å². The number of rotatable bonds is 3. The maximum atomic E-state index is 12.4. The number of fused-ring (bicyclic) bond motifs is 1. The normalized spacial score (nSPS) is 20.1. The fourth-order valence-electron chi connectivity index (χ4n) is 3.24. The highest BCUT2D eigenvalue weighted by Crippen LogP contribution is 2.27. The Bertz CT molecular complexity index is 452. The van der Waals surface area contributed by atoms with Gasteiger partial charge in [0.2, 0.25) is 0 Å². The summed E-state index contributed by atoms with van der Waals surface area (Å²) in [5.74, 6) is 0.702. The third-order valence-corrected chi connectivity index (χ3v) is 4.35. The van der Waals surface area contributed by atoms with Crippen LogP contribution in [0.15, 0.2) is 24.3 Å². The van der Waals surface area contributed by atoms with E-state index < -0.39 is 0 Å². The van der Waals surface area contributed by atoms with Gasteiger partial charge in [-0.2, -0.15) is 0 Å². The Morgan fingerprint density at radius 1 is 1.26 bits per heavy atom. The van der Waals surface area contributed by atoms with Gasteiger partial charge < -0.3 is 10.2 Å². The van der Waals surface area contributed by atoms with Gasteiger partial charge in [0.25, 0.3) is 0 Å². The molecule has 19 heavy (non-hydrogen) atoms. The van der Waals surface area contributed by atoms with Crippen molar-refractivity contribution < 1.29 is 4.79 Å². The second-order valence-electron chi connectivity index (χ2n) is 5.64. The van der Waals surface area contributed by atoms with Crippen LogP contribution in [0.1, 0.15) is 24.8 Å². The number of carbonyl (C=O) groups is 1. The second-order valence-corrected chi connectivity index (χ2v) is 5.64. The van der Waals surface area contributed by atoms with Gasteiger partial charge in [0.15, 0.2) is 5.78 Å².